The van der Waals surface area contributed by atoms with Crippen molar-refractivity contribution in [3.8, 4) is 0 Å². The molecule has 0 bridgehead atoms. The molecule has 1 aliphatic heterocycles. The van der Waals surface area contributed by atoms with Crippen LogP contribution in [0.4, 0.5) is 0 Å². The van der Waals surface area contributed by atoms with E-state index in [1.807, 2.05) is 0 Å². The first-order chi connectivity index (χ1) is 11.1. The fraction of sp³-hybridized carbons (Fsp3) is 0.688. The summed E-state index contributed by atoms with van der Waals surface area (Å²) < 4.78 is 15.5. The Morgan fingerprint density at radius 3 is 2.87 bits per heavy atom. The second-order valence-corrected chi connectivity index (χ2v) is 6.28. The second kappa shape index (κ2) is 6.70. The number of esters is 1. The van der Waals surface area contributed by atoms with Gasteiger partial charge in [-0.1, -0.05) is 11.6 Å². The van der Waals surface area contributed by atoms with E-state index in [1.165, 1.54) is 7.11 Å². The van der Waals surface area contributed by atoms with Crippen molar-refractivity contribution < 1.29 is 23.6 Å². The summed E-state index contributed by atoms with van der Waals surface area (Å²) in [5.41, 5.74) is 0.533. The zero-order valence-corrected chi connectivity index (χ0v) is 13.4. The van der Waals surface area contributed by atoms with Crippen molar-refractivity contribution >= 4 is 11.9 Å². The first-order valence-electron chi connectivity index (χ1n) is 8.08. The minimum atomic E-state index is -0.721. The van der Waals surface area contributed by atoms with Crippen molar-refractivity contribution in [2.45, 2.75) is 50.5 Å². The van der Waals surface area contributed by atoms with Crippen LogP contribution in [0, 0.1) is 0 Å². The number of aromatic nitrogens is 1. The van der Waals surface area contributed by atoms with Gasteiger partial charge in [-0.25, -0.2) is 0 Å². The Balaban J connectivity index is 1.77. The molecule has 0 spiro atoms. The summed E-state index contributed by atoms with van der Waals surface area (Å²) in [6.45, 7) is 0.808. The van der Waals surface area contributed by atoms with E-state index in [0.717, 1.165) is 43.4 Å². The minimum Gasteiger partial charge on any atom is -0.469 e. The fourth-order valence-corrected chi connectivity index (χ4v) is 3.28. The normalized spacial score (nSPS) is 23.9. The fourth-order valence-electron chi connectivity index (χ4n) is 3.28. The molecule has 1 aromatic rings. The summed E-state index contributed by atoms with van der Waals surface area (Å²) in [5.74, 6) is 0.151. The van der Waals surface area contributed by atoms with E-state index in [2.05, 4.69) is 10.5 Å². The number of aryl methyl sites for hydroxylation is 1. The predicted molar refractivity (Wildman–Crippen MR) is 80.0 cm³/mol. The Morgan fingerprint density at radius 1 is 1.30 bits per heavy atom. The summed E-state index contributed by atoms with van der Waals surface area (Å²) in [6, 6.07) is 0. The molecule has 23 heavy (non-hydrogen) atoms. The number of nitrogens with zero attached hydrogens (tertiary/aromatic N) is 1. The van der Waals surface area contributed by atoms with E-state index in [1.54, 1.807) is 0 Å². The summed E-state index contributed by atoms with van der Waals surface area (Å²) >= 11 is 0. The standard InChI is InChI=1S/C16H22N2O5/c1-21-13(19)9-16(7-8-22-10-16)17-15(20)14-11-5-3-2-4-6-12(11)23-18-14/h2-10H2,1H3,(H,17,20). The third-order valence-electron chi connectivity index (χ3n) is 4.61. The van der Waals surface area contributed by atoms with Crippen LogP contribution in [0.25, 0.3) is 0 Å². The van der Waals surface area contributed by atoms with Gasteiger partial charge in [0.25, 0.3) is 5.91 Å². The van der Waals surface area contributed by atoms with Gasteiger partial charge < -0.3 is 19.3 Å². The molecule has 1 saturated heterocycles. The highest BCUT2D eigenvalue weighted by Crippen LogP contribution is 2.27. The van der Waals surface area contributed by atoms with Crippen LogP contribution in [0.2, 0.25) is 0 Å². The van der Waals surface area contributed by atoms with Crippen molar-refractivity contribution in [1.82, 2.24) is 10.5 Å². The number of rotatable bonds is 4. The molecule has 0 aromatic carbocycles. The lowest BCUT2D eigenvalue weighted by atomic mass is 9.93. The molecule has 1 amide bonds. The molecule has 7 heteroatoms. The maximum absolute atomic E-state index is 12.7. The van der Waals surface area contributed by atoms with Crippen LogP contribution < -0.4 is 5.32 Å². The van der Waals surface area contributed by atoms with Crippen molar-refractivity contribution in [2.24, 2.45) is 0 Å². The highest BCUT2D eigenvalue weighted by molar-refractivity contribution is 5.94. The van der Waals surface area contributed by atoms with Crippen LogP contribution in [-0.2, 0) is 27.1 Å². The molecule has 2 heterocycles. The lowest BCUT2D eigenvalue weighted by Crippen LogP contribution is -2.51. The van der Waals surface area contributed by atoms with Gasteiger partial charge in [0.2, 0.25) is 0 Å². The smallest absolute Gasteiger partial charge is 0.307 e. The average Bonchev–Trinajstić information content (AvgIpc) is 3.08. The molecule has 7 nitrogen and oxygen atoms in total. The molecule has 3 rings (SSSR count). The van der Waals surface area contributed by atoms with Crippen LogP contribution in [0.3, 0.4) is 0 Å². The van der Waals surface area contributed by atoms with Gasteiger partial charge in [-0.3, -0.25) is 9.59 Å². The molecule has 1 aliphatic carbocycles. The topological polar surface area (TPSA) is 90.7 Å². The Morgan fingerprint density at radius 2 is 2.13 bits per heavy atom. The number of ether oxygens (including phenoxy) is 2. The first-order valence-corrected chi connectivity index (χ1v) is 8.08. The summed E-state index contributed by atoms with van der Waals surface area (Å²) in [4.78, 5) is 24.3. The van der Waals surface area contributed by atoms with E-state index in [4.69, 9.17) is 14.0 Å². The largest absolute Gasteiger partial charge is 0.469 e. The molecule has 0 saturated carbocycles. The van der Waals surface area contributed by atoms with Crippen molar-refractivity contribution in [3.63, 3.8) is 0 Å². The Bertz CT molecular complexity index is 589. The third kappa shape index (κ3) is 3.39. The van der Waals surface area contributed by atoms with Crippen molar-refractivity contribution in [1.29, 1.82) is 0 Å². The number of carbonyl (C=O) groups excluding carboxylic acids is 2. The van der Waals surface area contributed by atoms with E-state index < -0.39 is 5.54 Å². The highest BCUT2D eigenvalue weighted by atomic mass is 16.5. The Labute approximate surface area is 134 Å². The second-order valence-electron chi connectivity index (χ2n) is 6.28. The Kier molecular flexibility index (Phi) is 4.66. The van der Waals surface area contributed by atoms with Gasteiger partial charge >= 0.3 is 5.97 Å². The number of amides is 1. The molecular formula is C16H22N2O5. The summed E-state index contributed by atoms with van der Waals surface area (Å²) in [5, 5.41) is 6.91. The maximum Gasteiger partial charge on any atom is 0.307 e. The molecule has 1 fully saturated rings. The number of fused-ring (bicyclic) bond motifs is 1. The number of methoxy groups -OCH3 is 1. The van der Waals surface area contributed by atoms with Crippen LogP contribution in [0.15, 0.2) is 4.52 Å². The quantitative estimate of drug-likeness (QED) is 0.665. The van der Waals surface area contributed by atoms with Crippen LogP contribution in [0.1, 0.15) is 53.9 Å². The van der Waals surface area contributed by atoms with E-state index in [-0.39, 0.29) is 18.3 Å². The number of hydrogen-bond acceptors (Lipinski definition) is 6. The number of carbonyl (C=O) groups is 2. The molecule has 1 aromatic heterocycles. The van der Waals surface area contributed by atoms with Gasteiger partial charge in [0.15, 0.2) is 5.69 Å². The molecule has 1 unspecified atom stereocenters. The van der Waals surface area contributed by atoms with E-state index in [0.29, 0.717) is 25.3 Å². The van der Waals surface area contributed by atoms with Crippen LogP contribution in [0.5, 0.6) is 0 Å². The van der Waals surface area contributed by atoms with Gasteiger partial charge in [-0.2, -0.15) is 0 Å². The lowest BCUT2D eigenvalue weighted by molar-refractivity contribution is -0.142. The third-order valence-corrected chi connectivity index (χ3v) is 4.61. The molecule has 0 radical (unpaired) electrons. The predicted octanol–water partition coefficient (Wildman–Crippen LogP) is 1.40. The van der Waals surface area contributed by atoms with Gasteiger partial charge in [0, 0.05) is 18.6 Å². The zero-order valence-electron chi connectivity index (χ0n) is 13.4. The SMILES string of the molecule is COC(=O)CC1(NC(=O)c2noc3c2CCCCC3)CCOC1. The highest BCUT2D eigenvalue weighted by Gasteiger charge is 2.40. The van der Waals surface area contributed by atoms with Gasteiger partial charge in [0.1, 0.15) is 5.76 Å². The van der Waals surface area contributed by atoms with E-state index in [9.17, 15) is 9.59 Å². The summed E-state index contributed by atoms with van der Waals surface area (Å²) in [6.07, 6.45) is 5.52. The summed E-state index contributed by atoms with van der Waals surface area (Å²) in [7, 11) is 1.34. The van der Waals surface area contributed by atoms with Gasteiger partial charge in [-0.05, 0) is 25.7 Å². The first kappa shape index (κ1) is 16.0. The molecule has 126 valence electrons. The van der Waals surface area contributed by atoms with Crippen molar-refractivity contribution in [3.05, 3.63) is 17.0 Å². The van der Waals surface area contributed by atoms with Gasteiger partial charge in [-0.15, -0.1) is 0 Å². The molecule has 1 N–H and O–H groups in total. The minimum absolute atomic E-state index is 0.0925. The van der Waals surface area contributed by atoms with Crippen LogP contribution >= 0.6 is 0 Å². The van der Waals surface area contributed by atoms with Crippen molar-refractivity contribution in [2.75, 3.05) is 20.3 Å². The molecule has 1 atom stereocenters. The molecule has 2 aliphatic rings. The maximum atomic E-state index is 12.7. The monoisotopic (exact) mass is 322 g/mol. The number of nitrogens with one attached hydrogen (secondary N) is 1. The molecular weight excluding hydrogens is 300 g/mol. The van der Waals surface area contributed by atoms with Gasteiger partial charge in [0.05, 0.1) is 25.7 Å². The van der Waals surface area contributed by atoms with Crippen LogP contribution in [-0.4, -0.2) is 42.9 Å². The zero-order chi connectivity index (χ0) is 16.3. The lowest BCUT2D eigenvalue weighted by Gasteiger charge is -2.27. The number of hydrogen-bond donors (Lipinski definition) is 1. The van der Waals surface area contributed by atoms with E-state index >= 15 is 0 Å². The Hall–Kier alpha value is -1.89. The average molecular weight is 322 g/mol.